The molecule has 0 saturated carbocycles. The van der Waals surface area contributed by atoms with Crippen molar-refractivity contribution < 1.29 is 19.4 Å². The number of ether oxygens (including phenoxy) is 2. The molecule has 0 amide bonds. The second-order valence-electron chi connectivity index (χ2n) is 4.93. The van der Waals surface area contributed by atoms with E-state index in [2.05, 4.69) is 6.92 Å². The van der Waals surface area contributed by atoms with E-state index in [0.717, 1.165) is 12.8 Å². The summed E-state index contributed by atoms with van der Waals surface area (Å²) < 4.78 is 10.3. The Balaban J connectivity index is 3.24. The average molecular weight is 274 g/mol. The Bertz CT molecular complexity index is 206. The molecule has 0 fully saturated rings. The lowest BCUT2D eigenvalue weighted by Gasteiger charge is -2.11. The third-order valence-corrected chi connectivity index (χ3v) is 2.84. The Morgan fingerprint density at radius 1 is 1.00 bits per heavy atom. The largest absolute Gasteiger partial charge is 0.463 e. The third-order valence-electron chi connectivity index (χ3n) is 2.84. The van der Waals surface area contributed by atoms with E-state index in [1.54, 1.807) is 0 Å². The molecule has 0 bridgehead atoms. The monoisotopic (exact) mass is 274 g/mol. The summed E-state index contributed by atoms with van der Waals surface area (Å²) in [5.41, 5.74) is 0. The number of carbonyl (C=O) groups excluding carboxylic acids is 1. The molecule has 1 atom stereocenters. The summed E-state index contributed by atoms with van der Waals surface area (Å²) in [7, 11) is 0. The maximum absolute atomic E-state index is 11.1. The Labute approximate surface area is 117 Å². The first-order valence-corrected chi connectivity index (χ1v) is 7.62. The van der Waals surface area contributed by atoms with Gasteiger partial charge < -0.3 is 14.6 Å². The molecule has 19 heavy (non-hydrogen) atoms. The van der Waals surface area contributed by atoms with Crippen LogP contribution in [0.25, 0.3) is 0 Å². The molecule has 4 heteroatoms. The molecule has 4 nitrogen and oxygen atoms in total. The van der Waals surface area contributed by atoms with Crippen LogP contribution in [0.2, 0.25) is 0 Å². The lowest BCUT2D eigenvalue weighted by Crippen LogP contribution is -2.23. The van der Waals surface area contributed by atoms with Gasteiger partial charge in [0.2, 0.25) is 0 Å². The van der Waals surface area contributed by atoms with Gasteiger partial charge in [-0.15, -0.1) is 0 Å². The van der Waals surface area contributed by atoms with Crippen LogP contribution in [-0.2, 0) is 14.3 Å². The fourth-order valence-corrected chi connectivity index (χ4v) is 1.72. The Morgan fingerprint density at radius 2 is 1.68 bits per heavy atom. The first-order chi connectivity index (χ1) is 9.20. The maximum atomic E-state index is 11.1. The molecule has 1 N–H and O–H groups in total. The maximum Gasteiger partial charge on any atom is 0.305 e. The summed E-state index contributed by atoms with van der Waals surface area (Å²) in [6.45, 7) is 5.08. The number of hydrogen-bond donors (Lipinski definition) is 1. The highest BCUT2D eigenvalue weighted by Crippen LogP contribution is 2.05. The zero-order valence-corrected chi connectivity index (χ0v) is 12.5. The lowest BCUT2D eigenvalue weighted by molar-refractivity contribution is -0.147. The van der Waals surface area contributed by atoms with Gasteiger partial charge in [-0.2, -0.15) is 0 Å². The predicted molar refractivity (Wildman–Crippen MR) is 76.1 cm³/mol. The normalized spacial score (nSPS) is 12.4. The third kappa shape index (κ3) is 13.6. The fourth-order valence-electron chi connectivity index (χ4n) is 1.72. The smallest absolute Gasteiger partial charge is 0.305 e. The highest BCUT2D eigenvalue weighted by Gasteiger charge is 2.08. The molecule has 0 aromatic heterocycles. The van der Waals surface area contributed by atoms with Crippen LogP contribution in [0, 0.1) is 0 Å². The van der Waals surface area contributed by atoms with Crippen molar-refractivity contribution in [3.63, 3.8) is 0 Å². The molecule has 0 aliphatic rings. The average Bonchev–Trinajstić information content (AvgIpc) is 2.40. The van der Waals surface area contributed by atoms with E-state index >= 15 is 0 Å². The van der Waals surface area contributed by atoms with Gasteiger partial charge in [0, 0.05) is 13.0 Å². The molecule has 0 aliphatic heterocycles. The van der Waals surface area contributed by atoms with Crippen LogP contribution in [0.15, 0.2) is 0 Å². The minimum Gasteiger partial charge on any atom is -0.463 e. The van der Waals surface area contributed by atoms with Gasteiger partial charge in [0.15, 0.2) is 0 Å². The molecule has 0 aromatic carbocycles. The molecule has 0 saturated heterocycles. The first-order valence-electron chi connectivity index (χ1n) is 7.62. The van der Waals surface area contributed by atoms with Crippen LogP contribution in [0.5, 0.6) is 0 Å². The minimum absolute atomic E-state index is 0.0370. The number of unbranched alkanes of at least 4 members (excludes halogenated alkanes) is 5. The Morgan fingerprint density at radius 3 is 2.37 bits per heavy atom. The number of aliphatic hydroxyl groups excluding tert-OH is 1. The van der Waals surface area contributed by atoms with Gasteiger partial charge in [0.25, 0.3) is 0 Å². The van der Waals surface area contributed by atoms with E-state index in [9.17, 15) is 9.90 Å². The van der Waals surface area contributed by atoms with Crippen molar-refractivity contribution >= 4 is 5.97 Å². The van der Waals surface area contributed by atoms with Crippen molar-refractivity contribution in [1.29, 1.82) is 0 Å². The van der Waals surface area contributed by atoms with E-state index in [4.69, 9.17) is 9.47 Å². The minimum atomic E-state index is -0.708. The van der Waals surface area contributed by atoms with Crippen LogP contribution >= 0.6 is 0 Å². The highest BCUT2D eigenvalue weighted by molar-refractivity contribution is 5.69. The van der Waals surface area contributed by atoms with Gasteiger partial charge in [0.1, 0.15) is 12.7 Å². The van der Waals surface area contributed by atoms with Gasteiger partial charge >= 0.3 is 5.97 Å². The second-order valence-corrected chi connectivity index (χ2v) is 4.93. The molecule has 0 heterocycles. The van der Waals surface area contributed by atoms with Crippen molar-refractivity contribution in [1.82, 2.24) is 0 Å². The lowest BCUT2D eigenvalue weighted by atomic mass is 10.1. The summed E-state index contributed by atoms with van der Waals surface area (Å²) in [5, 5.41) is 9.54. The van der Waals surface area contributed by atoms with E-state index in [1.807, 2.05) is 6.92 Å². The Kier molecular flexibility index (Phi) is 13.4. The van der Waals surface area contributed by atoms with E-state index in [-0.39, 0.29) is 19.2 Å². The molecule has 0 spiro atoms. The molecule has 0 radical (unpaired) electrons. The van der Waals surface area contributed by atoms with E-state index in [1.165, 1.54) is 32.1 Å². The van der Waals surface area contributed by atoms with Crippen molar-refractivity contribution in [2.45, 2.75) is 71.3 Å². The van der Waals surface area contributed by atoms with Gasteiger partial charge in [0.05, 0.1) is 6.61 Å². The van der Waals surface area contributed by atoms with Gasteiger partial charge in [-0.1, -0.05) is 46.0 Å². The fraction of sp³-hybridized carbons (Fsp3) is 0.933. The summed E-state index contributed by atoms with van der Waals surface area (Å²) >= 11 is 0. The molecule has 114 valence electrons. The van der Waals surface area contributed by atoms with Crippen LogP contribution in [0.1, 0.15) is 65.2 Å². The molecule has 0 rings (SSSR count). The summed E-state index contributed by atoms with van der Waals surface area (Å²) in [4.78, 5) is 11.1. The SMILES string of the molecule is CCCCCCCCOCC(O)COC(=O)CCC. The number of carbonyl (C=O) groups is 1. The van der Waals surface area contributed by atoms with Crippen molar-refractivity contribution in [3.8, 4) is 0 Å². The highest BCUT2D eigenvalue weighted by atomic mass is 16.5. The van der Waals surface area contributed by atoms with Crippen LogP contribution in [0.3, 0.4) is 0 Å². The van der Waals surface area contributed by atoms with Crippen molar-refractivity contribution in [3.05, 3.63) is 0 Å². The molecule has 0 aromatic rings. The molecule has 0 aliphatic carbocycles. The topological polar surface area (TPSA) is 55.8 Å². The van der Waals surface area contributed by atoms with Gasteiger partial charge in [-0.25, -0.2) is 0 Å². The molecular weight excluding hydrogens is 244 g/mol. The summed E-state index contributed by atoms with van der Waals surface area (Å²) in [6.07, 6.45) is 7.81. The number of aliphatic hydroxyl groups is 1. The van der Waals surface area contributed by atoms with E-state index < -0.39 is 6.10 Å². The number of hydrogen-bond acceptors (Lipinski definition) is 4. The van der Waals surface area contributed by atoms with Gasteiger partial charge in [-0.05, 0) is 12.8 Å². The quantitative estimate of drug-likeness (QED) is 0.414. The van der Waals surface area contributed by atoms with Gasteiger partial charge in [-0.3, -0.25) is 4.79 Å². The number of esters is 1. The van der Waals surface area contributed by atoms with Crippen LogP contribution in [0.4, 0.5) is 0 Å². The predicted octanol–water partition coefficient (Wildman–Crippen LogP) is 3.07. The van der Waals surface area contributed by atoms with Crippen LogP contribution < -0.4 is 0 Å². The van der Waals surface area contributed by atoms with Crippen LogP contribution in [-0.4, -0.2) is 37.0 Å². The zero-order chi connectivity index (χ0) is 14.3. The number of rotatable bonds is 13. The van der Waals surface area contributed by atoms with Crippen molar-refractivity contribution in [2.24, 2.45) is 0 Å². The van der Waals surface area contributed by atoms with Crippen molar-refractivity contribution in [2.75, 3.05) is 19.8 Å². The zero-order valence-electron chi connectivity index (χ0n) is 12.5. The summed E-state index contributed by atoms with van der Waals surface area (Å²) in [6, 6.07) is 0. The van der Waals surface area contributed by atoms with E-state index in [0.29, 0.717) is 13.0 Å². The molecule has 1 unspecified atom stereocenters. The second kappa shape index (κ2) is 13.8. The Hall–Kier alpha value is -0.610. The summed E-state index contributed by atoms with van der Waals surface area (Å²) in [5.74, 6) is -0.252. The standard InChI is InChI=1S/C15H30O4/c1-3-5-6-7-8-9-11-18-12-14(16)13-19-15(17)10-4-2/h14,16H,3-13H2,1-2H3. The first kappa shape index (κ1) is 18.4. The molecular formula is C15H30O4.